The highest BCUT2D eigenvalue weighted by Crippen LogP contribution is 2.45. The number of rotatable bonds is 4. The molecule has 5 rings (SSSR count). The van der Waals surface area contributed by atoms with Crippen molar-refractivity contribution in [1.29, 1.82) is 0 Å². The second kappa shape index (κ2) is 8.64. The van der Waals surface area contributed by atoms with E-state index in [2.05, 4.69) is 36.6 Å². The Hall–Kier alpha value is -2.37. The Labute approximate surface area is 184 Å². The Bertz CT molecular complexity index is 989. The van der Waals surface area contributed by atoms with Gasteiger partial charge in [-0.25, -0.2) is 0 Å². The summed E-state index contributed by atoms with van der Waals surface area (Å²) in [6.07, 6.45) is 4.11. The summed E-state index contributed by atoms with van der Waals surface area (Å²) in [6.45, 7) is 8.51. The van der Waals surface area contributed by atoms with E-state index in [-0.39, 0.29) is 18.5 Å². The molecule has 0 radical (unpaired) electrons. The van der Waals surface area contributed by atoms with Gasteiger partial charge in [0.2, 0.25) is 6.79 Å². The van der Waals surface area contributed by atoms with Gasteiger partial charge in [-0.15, -0.1) is 0 Å². The van der Waals surface area contributed by atoms with Crippen molar-refractivity contribution in [3.63, 3.8) is 0 Å². The van der Waals surface area contributed by atoms with Crippen molar-refractivity contribution in [3.8, 4) is 22.6 Å². The number of ether oxygens (including phenoxy) is 2. The monoisotopic (exact) mass is 420 g/mol. The van der Waals surface area contributed by atoms with Crippen LogP contribution in [0.3, 0.4) is 0 Å². The maximum Gasteiger partial charge on any atom is 0.231 e. The molecule has 5 nitrogen and oxygen atoms in total. The van der Waals surface area contributed by atoms with Gasteiger partial charge < -0.3 is 20.1 Å². The van der Waals surface area contributed by atoms with Crippen molar-refractivity contribution >= 4 is 5.78 Å². The van der Waals surface area contributed by atoms with Gasteiger partial charge in [-0.3, -0.25) is 4.79 Å². The first-order chi connectivity index (χ1) is 15.1. The number of carbonyl (C=O) groups excluding carboxylic acids is 1. The lowest BCUT2D eigenvalue weighted by Gasteiger charge is -2.25. The molecule has 31 heavy (non-hydrogen) atoms. The lowest BCUT2D eigenvalue weighted by molar-refractivity contribution is 0.0894. The highest BCUT2D eigenvalue weighted by atomic mass is 16.7. The van der Waals surface area contributed by atoms with Crippen molar-refractivity contribution in [3.05, 3.63) is 46.5 Å². The van der Waals surface area contributed by atoms with Crippen LogP contribution >= 0.6 is 0 Å². The zero-order valence-electron chi connectivity index (χ0n) is 18.6. The third-order valence-electron chi connectivity index (χ3n) is 7.26. The van der Waals surface area contributed by atoms with Crippen molar-refractivity contribution in [2.75, 3.05) is 33.0 Å². The second-order valence-electron chi connectivity index (χ2n) is 9.18. The molecular weight excluding hydrogens is 388 g/mol. The number of Topliss-reactive ketones (excluding diaryl/α,β-unsaturated/α-hetero) is 1. The molecule has 3 heterocycles. The molecule has 0 aliphatic carbocycles. The summed E-state index contributed by atoms with van der Waals surface area (Å²) in [5.74, 6) is 2.35. The quantitative estimate of drug-likeness (QED) is 0.720. The molecule has 0 unspecified atom stereocenters. The minimum absolute atomic E-state index is 0.0818. The van der Waals surface area contributed by atoms with E-state index in [0.29, 0.717) is 11.7 Å². The van der Waals surface area contributed by atoms with E-state index in [1.807, 2.05) is 12.1 Å². The van der Waals surface area contributed by atoms with Crippen molar-refractivity contribution in [2.45, 2.75) is 45.4 Å². The SMILES string of the molecule is Cc1cc(C2CCNCC2)cc(-c2cc(C(=O)C3CCNCC3)cc3c2OCO3)c1C. The molecule has 2 N–H and O–H groups in total. The Balaban J connectivity index is 1.58. The first-order valence-corrected chi connectivity index (χ1v) is 11.6. The number of aryl methyl sites for hydroxylation is 1. The topological polar surface area (TPSA) is 59.6 Å². The van der Waals surface area contributed by atoms with Crippen molar-refractivity contribution in [1.82, 2.24) is 10.6 Å². The number of carbonyl (C=O) groups is 1. The van der Waals surface area contributed by atoms with Gasteiger partial charge in [0.05, 0.1) is 0 Å². The fourth-order valence-corrected chi connectivity index (χ4v) is 5.23. The molecule has 0 atom stereocenters. The summed E-state index contributed by atoms with van der Waals surface area (Å²) in [5.41, 5.74) is 6.81. The van der Waals surface area contributed by atoms with Gasteiger partial charge >= 0.3 is 0 Å². The molecule has 0 amide bonds. The van der Waals surface area contributed by atoms with Crippen LogP contribution in [-0.2, 0) is 0 Å². The van der Waals surface area contributed by atoms with Gasteiger partial charge in [0.1, 0.15) is 0 Å². The Morgan fingerprint density at radius 2 is 1.58 bits per heavy atom. The first-order valence-electron chi connectivity index (χ1n) is 11.6. The van der Waals surface area contributed by atoms with Crippen molar-refractivity contribution in [2.24, 2.45) is 5.92 Å². The Morgan fingerprint density at radius 3 is 2.32 bits per heavy atom. The van der Waals surface area contributed by atoms with E-state index in [9.17, 15) is 4.79 Å². The summed E-state index contributed by atoms with van der Waals surface area (Å²) in [5, 5.41) is 6.81. The normalized spacial score (nSPS) is 19.5. The van der Waals surface area contributed by atoms with Crippen LogP contribution < -0.4 is 20.1 Å². The molecule has 0 aromatic heterocycles. The van der Waals surface area contributed by atoms with Gasteiger partial charge in [0.25, 0.3) is 0 Å². The van der Waals surface area contributed by atoms with Gasteiger partial charge in [0.15, 0.2) is 17.3 Å². The van der Waals surface area contributed by atoms with E-state index in [0.717, 1.165) is 74.3 Å². The van der Waals surface area contributed by atoms with Gasteiger partial charge in [0, 0.05) is 17.0 Å². The number of ketones is 1. The Kier molecular flexibility index (Phi) is 5.72. The molecule has 2 aromatic rings. The number of piperidine rings is 2. The minimum atomic E-state index is 0.0818. The van der Waals surface area contributed by atoms with Crippen LogP contribution in [0, 0.1) is 19.8 Å². The third-order valence-corrected chi connectivity index (χ3v) is 7.26. The zero-order chi connectivity index (χ0) is 21.4. The van der Waals surface area contributed by atoms with Gasteiger partial charge in [-0.1, -0.05) is 12.1 Å². The highest BCUT2D eigenvalue weighted by molar-refractivity contribution is 6.00. The van der Waals surface area contributed by atoms with Crippen LogP contribution in [0.2, 0.25) is 0 Å². The zero-order valence-corrected chi connectivity index (χ0v) is 18.6. The van der Waals surface area contributed by atoms with Gasteiger partial charge in [-0.05, 0) is 106 Å². The smallest absolute Gasteiger partial charge is 0.231 e. The number of hydrogen-bond donors (Lipinski definition) is 2. The van der Waals surface area contributed by atoms with E-state index >= 15 is 0 Å². The molecule has 3 aliphatic heterocycles. The molecule has 0 bridgehead atoms. The molecule has 2 saturated heterocycles. The largest absolute Gasteiger partial charge is 0.454 e. The average Bonchev–Trinajstić information content (AvgIpc) is 3.30. The van der Waals surface area contributed by atoms with Crippen LogP contribution in [0.4, 0.5) is 0 Å². The maximum absolute atomic E-state index is 13.3. The maximum atomic E-state index is 13.3. The molecule has 0 saturated carbocycles. The summed E-state index contributed by atoms with van der Waals surface area (Å²) in [4.78, 5) is 13.3. The van der Waals surface area contributed by atoms with Gasteiger partial charge in [-0.2, -0.15) is 0 Å². The van der Waals surface area contributed by atoms with E-state index in [1.54, 1.807) is 0 Å². The van der Waals surface area contributed by atoms with E-state index in [4.69, 9.17) is 9.47 Å². The average molecular weight is 421 g/mol. The highest BCUT2D eigenvalue weighted by Gasteiger charge is 2.28. The molecule has 2 aromatic carbocycles. The summed E-state index contributed by atoms with van der Waals surface area (Å²) >= 11 is 0. The predicted octanol–water partition coefficient (Wildman–Crippen LogP) is 4.35. The minimum Gasteiger partial charge on any atom is -0.454 e. The summed E-state index contributed by atoms with van der Waals surface area (Å²) in [6, 6.07) is 8.60. The standard InChI is InChI=1S/C26H32N2O3/c1-16-11-20(18-3-7-27-8-4-18)12-22(17(16)2)23-13-21(14-24-26(23)31-15-30-24)25(29)19-5-9-28-10-6-19/h11-14,18-19,27-28H,3-10,15H2,1-2H3. The van der Waals surface area contributed by atoms with Crippen molar-refractivity contribution < 1.29 is 14.3 Å². The second-order valence-corrected chi connectivity index (χ2v) is 9.18. The fourth-order valence-electron chi connectivity index (χ4n) is 5.23. The predicted molar refractivity (Wildman–Crippen MR) is 122 cm³/mol. The van der Waals surface area contributed by atoms with Crippen LogP contribution in [0.25, 0.3) is 11.1 Å². The lowest BCUT2D eigenvalue weighted by atomic mass is 9.84. The van der Waals surface area contributed by atoms with Crippen LogP contribution in [-0.4, -0.2) is 38.8 Å². The van der Waals surface area contributed by atoms with Crippen LogP contribution in [0.15, 0.2) is 24.3 Å². The molecule has 2 fully saturated rings. The summed E-state index contributed by atoms with van der Waals surface area (Å²) < 4.78 is 11.7. The molecular formula is C26H32N2O3. The number of fused-ring (bicyclic) bond motifs is 1. The van der Waals surface area contributed by atoms with Crippen LogP contribution in [0.5, 0.6) is 11.5 Å². The van der Waals surface area contributed by atoms with Crippen LogP contribution in [0.1, 0.15) is 58.6 Å². The molecule has 164 valence electrons. The third kappa shape index (κ3) is 3.97. The number of hydrogen-bond acceptors (Lipinski definition) is 5. The Morgan fingerprint density at radius 1 is 0.871 bits per heavy atom. The number of nitrogens with one attached hydrogen (secondary N) is 2. The summed E-state index contributed by atoms with van der Waals surface area (Å²) in [7, 11) is 0. The molecule has 3 aliphatic rings. The first kappa shape index (κ1) is 20.5. The molecule has 5 heteroatoms. The lowest BCUT2D eigenvalue weighted by Crippen LogP contribution is -2.31. The number of benzene rings is 2. The van der Waals surface area contributed by atoms with E-state index < -0.39 is 0 Å². The van der Waals surface area contributed by atoms with E-state index in [1.165, 1.54) is 16.7 Å². The fraction of sp³-hybridized carbons (Fsp3) is 0.500. The molecule has 0 spiro atoms.